The Balaban J connectivity index is 1.91. The van der Waals surface area contributed by atoms with Gasteiger partial charge in [0.1, 0.15) is 0 Å². The summed E-state index contributed by atoms with van der Waals surface area (Å²) in [6.45, 7) is 20.7. The molecule has 0 spiro atoms. The number of hydrazone groups is 1. The Morgan fingerprint density at radius 2 is 1.86 bits per heavy atom. The maximum Gasteiger partial charge on any atom is 0.0422 e. The molecule has 1 heterocycles. The third-order valence-electron chi connectivity index (χ3n) is 6.19. The SMILES string of the molecule is C=NNC(=C)C(C)(C)C1=CC=CN(C(=C)C2(c3ccc(Cl)cc3)CCC2)C1=C. The van der Waals surface area contributed by atoms with Crippen LogP contribution >= 0.6 is 11.6 Å². The fourth-order valence-corrected chi connectivity index (χ4v) is 4.16. The van der Waals surface area contributed by atoms with Gasteiger partial charge in [-0.2, -0.15) is 5.10 Å². The molecule has 3 rings (SSSR count). The van der Waals surface area contributed by atoms with Crippen molar-refractivity contribution in [3.8, 4) is 0 Å². The third-order valence-corrected chi connectivity index (χ3v) is 6.44. The minimum atomic E-state index is -0.366. The standard InChI is InChI=1S/C24H28ClN3/c1-17-22(23(4,5)18(2)27-26-6)9-7-16-28(17)19(3)24(14-8-15-24)20-10-12-21(25)13-11-20/h7,9-13,16,27H,1-3,6,8,14-15H2,4-5H3. The van der Waals surface area contributed by atoms with Crippen LogP contribution in [-0.2, 0) is 5.41 Å². The molecule has 3 nitrogen and oxygen atoms in total. The van der Waals surface area contributed by atoms with Crippen LogP contribution in [0.5, 0.6) is 0 Å². The van der Waals surface area contributed by atoms with Gasteiger partial charge in [0, 0.05) is 45.9 Å². The quantitative estimate of drug-likeness (QED) is 0.435. The van der Waals surface area contributed by atoms with E-state index >= 15 is 0 Å². The van der Waals surface area contributed by atoms with Gasteiger partial charge in [-0.15, -0.1) is 0 Å². The highest BCUT2D eigenvalue weighted by atomic mass is 35.5. The van der Waals surface area contributed by atoms with E-state index in [0.29, 0.717) is 0 Å². The van der Waals surface area contributed by atoms with Gasteiger partial charge in [0.05, 0.1) is 0 Å². The van der Waals surface area contributed by atoms with Crippen LogP contribution in [0.15, 0.2) is 90.1 Å². The molecule has 1 aliphatic heterocycles. The molecule has 0 amide bonds. The molecule has 0 bridgehead atoms. The van der Waals surface area contributed by atoms with Crippen molar-refractivity contribution in [1.82, 2.24) is 10.3 Å². The third kappa shape index (κ3) is 3.24. The summed E-state index contributed by atoms with van der Waals surface area (Å²) in [6.07, 6.45) is 9.50. The van der Waals surface area contributed by atoms with Crippen molar-refractivity contribution in [2.75, 3.05) is 0 Å². The predicted molar refractivity (Wildman–Crippen MR) is 120 cm³/mol. The van der Waals surface area contributed by atoms with Crippen LogP contribution in [0, 0.1) is 5.41 Å². The van der Waals surface area contributed by atoms with Crippen LogP contribution in [0.4, 0.5) is 0 Å². The molecule has 4 heteroatoms. The van der Waals surface area contributed by atoms with Crippen LogP contribution in [-0.4, -0.2) is 11.6 Å². The summed E-state index contributed by atoms with van der Waals surface area (Å²) < 4.78 is 0. The normalized spacial score (nSPS) is 18.2. The monoisotopic (exact) mass is 393 g/mol. The molecule has 1 N–H and O–H groups in total. The van der Waals surface area contributed by atoms with Gasteiger partial charge in [0.2, 0.25) is 0 Å². The molecular weight excluding hydrogens is 366 g/mol. The Morgan fingerprint density at radius 1 is 1.21 bits per heavy atom. The van der Waals surface area contributed by atoms with Crippen LogP contribution in [0.25, 0.3) is 0 Å². The Kier molecular flexibility index (Phi) is 5.40. The molecule has 2 aliphatic rings. The Hall–Kier alpha value is -2.52. The number of benzene rings is 1. The zero-order valence-corrected chi connectivity index (χ0v) is 17.5. The molecule has 0 saturated heterocycles. The van der Waals surface area contributed by atoms with Gasteiger partial charge in [-0.1, -0.05) is 69.8 Å². The first-order valence-electron chi connectivity index (χ1n) is 9.48. The van der Waals surface area contributed by atoms with E-state index in [1.165, 1.54) is 12.0 Å². The summed E-state index contributed by atoms with van der Waals surface area (Å²) in [5, 5.41) is 4.52. The van der Waals surface area contributed by atoms with Crippen LogP contribution in [0.3, 0.4) is 0 Å². The van der Waals surface area contributed by atoms with Crippen molar-refractivity contribution in [2.24, 2.45) is 10.5 Å². The zero-order chi connectivity index (χ0) is 20.5. The number of halogens is 1. The van der Waals surface area contributed by atoms with E-state index in [2.05, 4.69) is 73.9 Å². The highest BCUT2D eigenvalue weighted by Crippen LogP contribution is 2.52. The van der Waals surface area contributed by atoms with Gasteiger partial charge in [0.15, 0.2) is 0 Å². The first-order valence-corrected chi connectivity index (χ1v) is 9.86. The van der Waals surface area contributed by atoms with Crippen LogP contribution in [0.2, 0.25) is 5.02 Å². The summed E-state index contributed by atoms with van der Waals surface area (Å²) >= 11 is 6.11. The highest BCUT2D eigenvalue weighted by Gasteiger charge is 2.44. The second-order valence-electron chi connectivity index (χ2n) is 8.00. The van der Waals surface area contributed by atoms with E-state index in [1.807, 2.05) is 24.4 Å². The maximum absolute atomic E-state index is 6.11. The zero-order valence-electron chi connectivity index (χ0n) is 16.8. The van der Waals surface area contributed by atoms with Crippen molar-refractivity contribution >= 4 is 18.3 Å². The number of nitrogens with zero attached hydrogens (tertiary/aromatic N) is 2. The van der Waals surface area contributed by atoms with Crippen molar-refractivity contribution in [3.05, 3.63) is 95.6 Å². The molecule has 1 aromatic rings. The predicted octanol–water partition coefficient (Wildman–Crippen LogP) is 6.29. The minimum absolute atomic E-state index is 0.0810. The molecule has 0 aromatic heterocycles. The summed E-state index contributed by atoms with van der Waals surface area (Å²) in [5.74, 6) is 0. The van der Waals surface area contributed by atoms with E-state index in [4.69, 9.17) is 11.6 Å². The second-order valence-corrected chi connectivity index (χ2v) is 8.44. The lowest BCUT2D eigenvalue weighted by atomic mass is 9.62. The van der Waals surface area contributed by atoms with Crippen molar-refractivity contribution in [3.63, 3.8) is 0 Å². The Labute approximate surface area is 173 Å². The highest BCUT2D eigenvalue weighted by molar-refractivity contribution is 6.30. The van der Waals surface area contributed by atoms with E-state index in [1.54, 1.807) is 0 Å². The van der Waals surface area contributed by atoms with Crippen LogP contribution < -0.4 is 5.43 Å². The Bertz CT molecular complexity index is 883. The first kappa shape index (κ1) is 20.2. The minimum Gasteiger partial charge on any atom is -0.321 e. The molecule has 1 aliphatic carbocycles. The molecule has 28 heavy (non-hydrogen) atoms. The van der Waals surface area contributed by atoms with Crippen molar-refractivity contribution in [2.45, 2.75) is 38.5 Å². The fraction of sp³-hybridized carbons (Fsp3) is 0.292. The molecule has 1 aromatic carbocycles. The molecule has 0 radical (unpaired) electrons. The topological polar surface area (TPSA) is 27.6 Å². The van der Waals surface area contributed by atoms with E-state index < -0.39 is 0 Å². The summed E-state index contributed by atoms with van der Waals surface area (Å²) in [6, 6.07) is 8.14. The molecule has 1 fully saturated rings. The molecule has 0 unspecified atom stereocenters. The number of nitrogens with one attached hydrogen (secondary N) is 1. The van der Waals surface area contributed by atoms with Gasteiger partial charge in [-0.05, 0) is 42.2 Å². The van der Waals surface area contributed by atoms with E-state index in [-0.39, 0.29) is 10.8 Å². The number of hydrogen-bond acceptors (Lipinski definition) is 3. The first-order chi connectivity index (χ1) is 13.2. The van der Waals surface area contributed by atoms with Crippen LogP contribution in [0.1, 0.15) is 38.7 Å². The van der Waals surface area contributed by atoms with E-state index in [0.717, 1.165) is 40.5 Å². The lowest BCUT2D eigenvalue weighted by Crippen LogP contribution is -2.42. The van der Waals surface area contributed by atoms with E-state index in [9.17, 15) is 0 Å². The molecular formula is C24H28ClN3. The molecule has 146 valence electrons. The summed E-state index contributed by atoms with van der Waals surface area (Å²) in [4.78, 5) is 2.12. The van der Waals surface area contributed by atoms with Crippen molar-refractivity contribution in [1.29, 1.82) is 0 Å². The van der Waals surface area contributed by atoms with Gasteiger partial charge >= 0.3 is 0 Å². The number of rotatable bonds is 7. The lowest BCUT2D eigenvalue weighted by Gasteiger charge is -2.49. The maximum atomic E-state index is 6.11. The number of hydrogen-bond donors (Lipinski definition) is 1. The van der Waals surface area contributed by atoms with Gasteiger partial charge in [-0.3, -0.25) is 5.43 Å². The largest absolute Gasteiger partial charge is 0.321 e. The smallest absolute Gasteiger partial charge is 0.0422 e. The van der Waals surface area contributed by atoms with Gasteiger partial charge in [-0.25, -0.2) is 0 Å². The second kappa shape index (κ2) is 7.48. The summed E-state index contributed by atoms with van der Waals surface area (Å²) in [7, 11) is 0. The van der Waals surface area contributed by atoms with Crippen molar-refractivity contribution < 1.29 is 0 Å². The molecule has 0 atom stereocenters. The Morgan fingerprint density at radius 3 is 2.39 bits per heavy atom. The van der Waals surface area contributed by atoms with Gasteiger partial charge < -0.3 is 4.90 Å². The number of allylic oxidation sites excluding steroid dienone is 5. The summed E-state index contributed by atoms with van der Waals surface area (Å²) in [5.41, 5.74) is 7.50. The molecule has 1 saturated carbocycles. The average Bonchev–Trinajstić information content (AvgIpc) is 2.62. The van der Waals surface area contributed by atoms with Gasteiger partial charge in [0.25, 0.3) is 0 Å². The average molecular weight is 394 g/mol. The fourth-order valence-electron chi connectivity index (χ4n) is 4.03. The lowest BCUT2D eigenvalue weighted by molar-refractivity contribution is 0.250.